The summed E-state index contributed by atoms with van der Waals surface area (Å²) in [4.78, 5) is 30.9. The lowest BCUT2D eigenvalue weighted by molar-refractivity contribution is 0.0769. The molecule has 5 nitrogen and oxygen atoms in total. The molecule has 0 unspecified atom stereocenters. The molecule has 170 valence electrons. The molecule has 2 aliphatic heterocycles. The number of aromatic nitrogens is 1. The van der Waals surface area contributed by atoms with E-state index in [9.17, 15) is 9.59 Å². The zero-order chi connectivity index (χ0) is 22.7. The van der Waals surface area contributed by atoms with Gasteiger partial charge in [-0.1, -0.05) is 50.3 Å². The Morgan fingerprint density at radius 3 is 2.56 bits per heavy atom. The van der Waals surface area contributed by atoms with Gasteiger partial charge < -0.3 is 9.47 Å². The summed E-state index contributed by atoms with van der Waals surface area (Å²) in [6, 6.07) is 12.5. The molecule has 0 aliphatic carbocycles. The smallest absolute Gasteiger partial charge is 0.259 e. The first kappa shape index (κ1) is 22.5. The number of hydrogen-bond donors (Lipinski definition) is 0. The van der Waals surface area contributed by atoms with Crippen LogP contribution in [0.3, 0.4) is 0 Å². The molecule has 1 amide bonds. The predicted molar refractivity (Wildman–Crippen MR) is 130 cm³/mol. The minimum atomic E-state index is -0.141. The highest BCUT2D eigenvalue weighted by Crippen LogP contribution is 2.24. The van der Waals surface area contributed by atoms with Gasteiger partial charge in [-0.3, -0.25) is 14.5 Å². The Morgan fingerprint density at radius 1 is 1.12 bits per heavy atom. The van der Waals surface area contributed by atoms with Crippen LogP contribution in [0.4, 0.5) is 0 Å². The standard InChI is InChI=1S/C27H35N3O2/c1-4-24-26(25(31)18-20(3)30(24)19-23-12-9-15-28(23)5-2)27(32)29-16-13-22(14-17-29)21-10-7-6-8-11-21/h6-8,10-11,13,18,23H,4-5,9,12,14-17,19H2,1-3H3/t23-/m0/s1. The third-order valence-corrected chi connectivity index (χ3v) is 7.11. The Balaban J connectivity index is 1.61. The molecule has 32 heavy (non-hydrogen) atoms. The second-order valence-corrected chi connectivity index (χ2v) is 8.96. The fourth-order valence-electron chi connectivity index (χ4n) is 5.34. The number of carbonyl (C=O) groups is 1. The maximum absolute atomic E-state index is 13.5. The first-order chi connectivity index (χ1) is 15.5. The minimum Gasteiger partial charge on any atom is -0.346 e. The van der Waals surface area contributed by atoms with Crippen molar-refractivity contribution in [3.05, 3.63) is 75.2 Å². The normalized spacial score (nSPS) is 19.3. The molecule has 3 heterocycles. The van der Waals surface area contributed by atoms with E-state index in [0.717, 1.165) is 37.4 Å². The van der Waals surface area contributed by atoms with Gasteiger partial charge in [-0.05, 0) is 56.8 Å². The number of nitrogens with zero attached hydrogens (tertiary/aromatic N) is 3. The Hall–Kier alpha value is -2.66. The minimum absolute atomic E-state index is 0.122. The molecule has 1 aromatic carbocycles. The number of rotatable bonds is 6. The predicted octanol–water partition coefficient (Wildman–Crippen LogP) is 4.13. The van der Waals surface area contributed by atoms with Crippen LogP contribution in [0.1, 0.15) is 60.4 Å². The Morgan fingerprint density at radius 2 is 1.91 bits per heavy atom. The van der Waals surface area contributed by atoms with Gasteiger partial charge in [0.15, 0.2) is 5.43 Å². The first-order valence-corrected chi connectivity index (χ1v) is 12.0. The van der Waals surface area contributed by atoms with Crippen LogP contribution in [0, 0.1) is 6.92 Å². The molecular formula is C27H35N3O2. The molecule has 2 aliphatic rings. The third-order valence-electron chi connectivity index (χ3n) is 7.11. The zero-order valence-corrected chi connectivity index (χ0v) is 19.6. The number of aryl methyl sites for hydroxylation is 1. The second kappa shape index (κ2) is 9.86. The van der Waals surface area contributed by atoms with Crippen molar-refractivity contribution in [1.82, 2.24) is 14.4 Å². The molecule has 1 fully saturated rings. The molecule has 0 saturated carbocycles. The van der Waals surface area contributed by atoms with Gasteiger partial charge >= 0.3 is 0 Å². The Kier molecular flexibility index (Phi) is 6.95. The summed E-state index contributed by atoms with van der Waals surface area (Å²) in [5, 5.41) is 0. The summed E-state index contributed by atoms with van der Waals surface area (Å²) < 4.78 is 2.24. The fourth-order valence-corrected chi connectivity index (χ4v) is 5.34. The van der Waals surface area contributed by atoms with Gasteiger partial charge in [-0.15, -0.1) is 0 Å². The van der Waals surface area contributed by atoms with Crippen molar-refractivity contribution in [1.29, 1.82) is 0 Å². The summed E-state index contributed by atoms with van der Waals surface area (Å²) in [5.74, 6) is -0.122. The summed E-state index contributed by atoms with van der Waals surface area (Å²) in [6.45, 7) is 10.5. The molecule has 5 heteroatoms. The van der Waals surface area contributed by atoms with Crippen molar-refractivity contribution in [2.75, 3.05) is 26.2 Å². The van der Waals surface area contributed by atoms with Crippen LogP contribution in [-0.2, 0) is 13.0 Å². The maximum Gasteiger partial charge on any atom is 0.259 e. The molecule has 0 spiro atoms. The largest absolute Gasteiger partial charge is 0.346 e. The summed E-state index contributed by atoms with van der Waals surface area (Å²) in [7, 11) is 0. The van der Waals surface area contributed by atoms with Crippen molar-refractivity contribution in [3.8, 4) is 0 Å². The van der Waals surface area contributed by atoms with E-state index in [0.29, 0.717) is 31.1 Å². The van der Waals surface area contributed by atoms with Gasteiger partial charge in [-0.25, -0.2) is 0 Å². The van der Waals surface area contributed by atoms with Crippen LogP contribution in [0.5, 0.6) is 0 Å². The van der Waals surface area contributed by atoms with Crippen LogP contribution in [-0.4, -0.2) is 52.5 Å². The second-order valence-electron chi connectivity index (χ2n) is 8.96. The number of carbonyl (C=O) groups excluding carboxylic acids is 1. The molecule has 1 aromatic heterocycles. The van der Waals surface area contributed by atoms with E-state index in [1.54, 1.807) is 6.07 Å². The van der Waals surface area contributed by atoms with Crippen LogP contribution in [0.2, 0.25) is 0 Å². The molecule has 4 rings (SSSR count). The van der Waals surface area contributed by atoms with E-state index in [4.69, 9.17) is 0 Å². The number of likely N-dealkylation sites (tertiary alicyclic amines) is 1. The van der Waals surface area contributed by atoms with Crippen LogP contribution in [0.25, 0.3) is 5.57 Å². The highest BCUT2D eigenvalue weighted by molar-refractivity contribution is 5.96. The fraction of sp³-hybridized carbons (Fsp3) is 0.481. The lowest BCUT2D eigenvalue weighted by Crippen LogP contribution is -2.40. The summed E-state index contributed by atoms with van der Waals surface area (Å²) in [5.41, 5.74) is 4.56. The van der Waals surface area contributed by atoms with E-state index in [-0.39, 0.29) is 11.3 Å². The molecule has 0 radical (unpaired) electrons. The van der Waals surface area contributed by atoms with E-state index >= 15 is 0 Å². The van der Waals surface area contributed by atoms with Crippen LogP contribution in [0.15, 0.2) is 47.3 Å². The van der Waals surface area contributed by atoms with Crippen molar-refractivity contribution in [3.63, 3.8) is 0 Å². The molecule has 0 N–H and O–H groups in total. The van der Waals surface area contributed by atoms with Crippen molar-refractivity contribution >= 4 is 11.5 Å². The summed E-state index contributed by atoms with van der Waals surface area (Å²) >= 11 is 0. The zero-order valence-electron chi connectivity index (χ0n) is 19.6. The van der Waals surface area contributed by atoms with Crippen LogP contribution < -0.4 is 5.43 Å². The quantitative estimate of drug-likeness (QED) is 0.688. The molecule has 1 atom stereocenters. The number of amides is 1. The highest BCUT2D eigenvalue weighted by atomic mass is 16.2. The average Bonchev–Trinajstić information content (AvgIpc) is 3.28. The maximum atomic E-state index is 13.5. The topological polar surface area (TPSA) is 45.6 Å². The van der Waals surface area contributed by atoms with E-state index in [2.05, 4.69) is 41.5 Å². The highest BCUT2D eigenvalue weighted by Gasteiger charge is 2.28. The molecule has 2 aromatic rings. The van der Waals surface area contributed by atoms with Crippen molar-refractivity contribution in [2.45, 2.75) is 59.0 Å². The SMILES string of the molecule is CCc1c(C(=O)N2CC=C(c3ccccc3)CC2)c(=O)cc(C)n1C[C@@H]1CCCN1CC. The van der Waals surface area contributed by atoms with E-state index < -0.39 is 0 Å². The number of likely N-dealkylation sites (N-methyl/N-ethyl adjacent to an activating group) is 1. The summed E-state index contributed by atoms with van der Waals surface area (Å²) in [6.07, 6.45) is 6.01. The number of pyridine rings is 1. The van der Waals surface area contributed by atoms with Crippen molar-refractivity contribution in [2.24, 2.45) is 0 Å². The third kappa shape index (κ3) is 4.44. The number of hydrogen-bond acceptors (Lipinski definition) is 3. The molecule has 1 saturated heterocycles. The Labute approximate surface area is 191 Å². The van der Waals surface area contributed by atoms with E-state index in [1.807, 2.05) is 30.0 Å². The van der Waals surface area contributed by atoms with Crippen LogP contribution >= 0.6 is 0 Å². The molecule has 0 bridgehead atoms. The van der Waals surface area contributed by atoms with E-state index in [1.165, 1.54) is 24.0 Å². The van der Waals surface area contributed by atoms with Gasteiger partial charge in [0.2, 0.25) is 0 Å². The van der Waals surface area contributed by atoms with Gasteiger partial charge in [-0.2, -0.15) is 0 Å². The number of benzene rings is 1. The van der Waals surface area contributed by atoms with Gasteiger partial charge in [0.1, 0.15) is 5.56 Å². The lowest BCUT2D eigenvalue weighted by Gasteiger charge is -2.30. The van der Waals surface area contributed by atoms with Gasteiger partial charge in [0, 0.05) is 43.1 Å². The Bertz CT molecular complexity index is 1050. The average molecular weight is 434 g/mol. The van der Waals surface area contributed by atoms with Gasteiger partial charge in [0.05, 0.1) is 0 Å². The van der Waals surface area contributed by atoms with Gasteiger partial charge in [0.25, 0.3) is 5.91 Å². The first-order valence-electron chi connectivity index (χ1n) is 12.0. The molecular weight excluding hydrogens is 398 g/mol. The monoisotopic (exact) mass is 433 g/mol. The lowest BCUT2D eigenvalue weighted by atomic mass is 9.98. The van der Waals surface area contributed by atoms with Crippen molar-refractivity contribution < 1.29 is 4.79 Å².